The van der Waals surface area contributed by atoms with Crippen LogP contribution in [0.25, 0.3) is 0 Å². The highest BCUT2D eigenvalue weighted by Crippen LogP contribution is 2.29. The monoisotopic (exact) mass is 547 g/mol. The van der Waals surface area contributed by atoms with Gasteiger partial charge in [-0.15, -0.1) is 0 Å². The number of aryl methyl sites for hydroxylation is 3. The van der Waals surface area contributed by atoms with Crippen molar-refractivity contribution in [2.24, 2.45) is 5.14 Å². The number of carbonyl (C=O) groups excluding carboxylic acids is 1. The topological polar surface area (TPSA) is 99.0 Å². The minimum Gasteiger partial charge on any atom is -0.380 e. The van der Waals surface area contributed by atoms with Gasteiger partial charge in [0.2, 0.25) is 10.0 Å². The molecule has 3 aromatic rings. The lowest BCUT2D eigenvalue weighted by molar-refractivity contribution is 0.0746. The zero-order valence-electron chi connectivity index (χ0n) is 22.9. The summed E-state index contributed by atoms with van der Waals surface area (Å²) in [7, 11) is -3.83. The number of hydrogen-bond acceptors (Lipinski definition) is 6. The van der Waals surface area contributed by atoms with Crippen LogP contribution in [0, 0.1) is 20.8 Å². The fourth-order valence-electron chi connectivity index (χ4n) is 5.75. The van der Waals surface area contributed by atoms with E-state index in [4.69, 9.17) is 5.14 Å². The van der Waals surface area contributed by atoms with Crippen molar-refractivity contribution in [2.45, 2.75) is 38.1 Å². The summed E-state index contributed by atoms with van der Waals surface area (Å²) in [6.45, 7) is 10.2. The van der Waals surface area contributed by atoms with Crippen molar-refractivity contribution in [3.8, 4) is 0 Å². The number of para-hydroxylation sites is 2. The maximum absolute atomic E-state index is 13.6. The van der Waals surface area contributed by atoms with Crippen molar-refractivity contribution >= 4 is 33.0 Å². The SMILES string of the molecule is Cc1cc(C)c(C(=O)N2CCN(c3ccccc3S(N)(=O)=O)CC2)cc1NC1CCN(c2ccccc2C)C1. The Balaban J connectivity index is 1.27. The molecule has 2 aliphatic heterocycles. The summed E-state index contributed by atoms with van der Waals surface area (Å²) < 4.78 is 24.1. The van der Waals surface area contributed by atoms with E-state index in [2.05, 4.69) is 54.4 Å². The van der Waals surface area contributed by atoms with E-state index < -0.39 is 10.0 Å². The van der Waals surface area contributed by atoms with Crippen LogP contribution in [-0.2, 0) is 10.0 Å². The summed E-state index contributed by atoms with van der Waals surface area (Å²) in [4.78, 5) is 20.0. The van der Waals surface area contributed by atoms with Crippen LogP contribution in [0.5, 0.6) is 0 Å². The normalized spacial score (nSPS) is 17.9. The molecule has 9 heteroatoms. The van der Waals surface area contributed by atoms with E-state index in [1.807, 2.05) is 22.8 Å². The van der Waals surface area contributed by atoms with Gasteiger partial charge in [-0.3, -0.25) is 4.79 Å². The number of anilines is 3. The molecule has 0 radical (unpaired) electrons. The molecule has 206 valence electrons. The number of benzene rings is 3. The number of nitrogens with two attached hydrogens (primary N) is 1. The third kappa shape index (κ3) is 5.74. The molecule has 0 bridgehead atoms. The van der Waals surface area contributed by atoms with Crippen molar-refractivity contribution in [3.05, 3.63) is 82.9 Å². The van der Waals surface area contributed by atoms with E-state index in [1.54, 1.807) is 18.2 Å². The van der Waals surface area contributed by atoms with Crippen molar-refractivity contribution in [3.63, 3.8) is 0 Å². The molecule has 5 rings (SSSR count). The van der Waals surface area contributed by atoms with Gasteiger partial charge in [0.05, 0.1) is 5.69 Å². The number of hydrogen-bond donors (Lipinski definition) is 2. The Morgan fingerprint density at radius 1 is 0.821 bits per heavy atom. The van der Waals surface area contributed by atoms with Crippen LogP contribution in [0.3, 0.4) is 0 Å². The number of carbonyl (C=O) groups is 1. The quantitative estimate of drug-likeness (QED) is 0.486. The number of primary sulfonamides is 1. The van der Waals surface area contributed by atoms with Crippen LogP contribution in [0.4, 0.5) is 17.1 Å². The first-order chi connectivity index (χ1) is 18.6. The molecular weight excluding hydrogens is 510 g/mol. The zero-order valence-corrected chi connectivity index (χ0v) is 23.7. The van der Waals surface area contributed by atoms with Crippen molar-refractivity contribution in [1.29, 1.82) is 0 Å². The minimum absolute atomic E-state index is 0.00268. The van der Waals surface area contributed by atoms with Crippen LogP contribution in [-0.4, -0.2) is 64.5 Å². The molecule has 0 spiro atoms. The van der Waals surface area contributed by atoms with E-state index in [-0.39, 0.29) is 10.8 Å². The van der Waals surface area contributed by atoms with E-state index in [1.165, 1.54) is 17.3 Å². The smallest absolute Gasteiger partial charge is 0.254 e. The summed E-state index contributed by atoms with van der Waals surface area (Å²) in [5, 5.41) is 9.15. The lowest BCUT2D eigenvalue weighted by atomic mass is 10.0. The van der Waals surface area contributed by atoms with Crippen molar-refractivity contribution in [1.82, 2.24) is 4.90 Å². The van der Waals surface area contributed by atoms with Gasteiger partial charge in [0.15, 0.2) is 0 Å². The van der Waals surface area contributed by atoms with Gasteiger partial charge in [-0.2, -0.15) is 0 Å². The van der Waals surface area contributed by atoms with E-state index in [9.17, 15) is 13.2 Å². The second-order valence-electron chi connectivity index (χ2n) is 10.6. The van der Waals surface area contributed by atoms with Gasteiger partial charge in [0, 0.05) is 62.2 Å². The number of nitrogens with zero attached hydrogens (tertiary/aromatic N) is 3. The number of amides is 1. The Morgan fingerprint density at radius 3 is 2.18 bits per heavy atom. The fraction of sp³-hybridized carbons (Fsp3) is 0.367. The number of rotatable bonds is 6. The standard InChI is InChI=1S/C30H37N5O3S/c1-21-8-4-5-9-27(21)35-13-12-24(20-35)32-26-19-25(22(2)18-23(26)3)30(36)34-16-14-33(15-17-34)28-10-6-7-11-29(28)39(31,37)38/h4-11,18-19,24,32H,12-17,20H2,1-3H3,(H2,31,37,38). The summed E-state index contributed by atoms with van der Waals surface area (Å²) in [6.07, 6.45) is 1.03. The Hall–Kier alpha value is -3.56. The Labute approximate surface area is 231 Å². The lowest BCUT2D eigenvalue weighted by Gasteiger charge is -2.37. The highest BCUT2D eigenvalue weighted by molar-refractivity contribution is 7.89. The van der Waals surface area contributed by atoms with Gasteiger partial charge in [-0.05, 0) is 68.1 Å². The summed E-state index contributed by atoms with van der Waals surface area (Å²) >= 11 is 0. The summed E-state index contributed by atoms with van der Waals surface area (Å²) in [5.74, 6) is 0.00268. The molecule has 1 amide bonds. The fourth-order valence-corrected chi connectivity index (χ4v) is 6.51. The van der Waals surface area contributed by atoms with E-state index in [0.717, 1.165) is 36.3 Å². The summed E-state index contributed by atoms with van der Waals surface area (Å²) in [5.41, 5.74) is 6.94. The first-order valence-electron chi connectivity index (χ1n) is 13.5. The number of sulfonamides is 1. The van der Waals surface area contributed by atoms with E-state index >= 15 is 0 Å². The first kappa shape index (κ1) is 27.0. The molecule has 1 unspecified atom stereocenters. The largest absolute Gasteiger partial charge is 0.380 e. The van der Waals surface area contributed by atoms with Crippen molar-refractivity contribution in [2.75, 3.05) is 54.4 Å². The molecule has 2 fully saturated rings. The average Bonchev–Trinajstić information content (AvgIpc) is 3.38. The molecule has 2 aliphatic rings. The van der Waals surface area contributed by atoms with Gasteiger partial charge in [-0.25, -0.2) is 13.6 Å². The maximum atomic E-state index is 13.6. The molecule has 0 aliphatic carbocycles. The Kier molecular flexibility index (Phi) is 7.55. The molecular formula is C30H37N5O3S. The van der Waals surface area contributed by atoms with Crippen LogP contribution in [0.2, 0.25) is 0 Å². The first-order valence-corrected chi connectivity index (χ1v) is 15.0. The second kappa shape index (κ2) is 10.9. The number of nitrogens with one attached hydrogen (secondary N) is 1. The third-order valence-corrected chi connectivity index (χ3v) is 8.84. The molecule has 0 saturated carbocycles. The van der Waals surface area contributed by atoms with Crippen LogP contribution in [0.15, 0.2) is 65.6 Å². The highest BCUT2D eigenvalue weighted by Gasteiger charge is 2.28. The number of piperazine rings is 1. The molecule has 2 heterocycles. The molecule has 3 aromatic carbocycles. The Bertz CT molecular complexity index is 1480. The van der Waals surface area contributed by atoms with Gasteiger partial charge in [0.1, 0.15) is 4.90 Å². The maximum Gasteiger partial charge on any atom is 0.254 e. The predicted octanol–water partition coefficient (Wildman–Crippen LogP) is 3.91. The highest BCUT2D eigenvalue weighted by atomic mass is 32.2. The predicted molar refractivity (Wildman–Crippen MR) is 157 cm³/mol. The molecule has 2 saturated heterocycles. The van der Waals surface area contributed by atoms with Crippen LogP contribution < -0.4 is 20.3 Å². The summed E-state index contributed by atoms with van der Waals surface area (Å²) in [6, 6.07) is 19.6. The van der Waals surface area contributed by atoms with Crippen LogP contribution in [0.1, 0.15) is 33.5 Å². The van der Waals surface area contributed by atoms with Gasteiger partial charge in [-0.1, -0.05) is 36.4 Å². The zero-order chi connectivity index (χ0) is 27.7. The Morgan fingerprint density at radius 2 is 1.49 bits per heavy atom. The lowest BCUT2D eigenvalue weighted by Crippen LogP contribution is -2.49. The molecule has 3 N–H and O–H groups in total. The van der Waals surface area contributed by atoms with Crippen molar-refractivity contribution < 1.29 is 13.2 Å². The van der Waals surface area contributed by atoms with Gasteiger partial charge >= 0.3 is 0 Å². The van der Waals surface area contributed by atoms with Crippen LogP contribution >= 0.6 is 0 Å². The third-order valence-electron chi connectivity index (χ3n) is 7.89. The minimum atomic E-state index is -3.83. The second-order valence-corrected chi connectivity index (χ2v) is 12.2. The molecule has 8 nitrogen and oxygen atoms in total. The van der Waals surface area contributed by atoms with Gasteiger partial charge < -0.3 is 20.0 Å². The molecule has 1 atom stereocenters. The molecule has 0 aromatic heterocycles. The van der Waals surface area contributed by atoms with Gasteiger partial charge in [0.25, 0.3) is 5.91 Å². The average molecular weight is 548 g/mol. The molecule has 39 heavy (non-hydrogen) atoms. The van der Waals surface area contributed by atoms with E-state index in [0.29, 0.717) is 43.5 Å².